The molecule has 7 nitrogen and oxygen atoms in total. The van der Waals surface area contributed by atoms with Crippen LogP contribution in [0.2, 0.25) is 0 Å². The van der Waals surface area contributed by atoms with E-state index < -0.39 is 12.1 Å². The van der Waals surface area contributed by atoms with E-state index in [4.69, 9.17) is 9.47 Å². The lowest BCUT2D eigenvalue weighted by Crippen LogP contribution is -2.15. The highest BCUT2D eigenvalue weighted by Crippen LogP contribution is 2.10. The molecule has 0 unspecified atom stereocenters. The summed E-state index contributed by atoms with van der Waals surface area (Å²) in [7, 11) is 1.30. The van der Waals surface area contributed by atoms with Crippen molar-refractivity contribution in [3.05, 3.63) is 29.8 Å². The van der Waals surface area contributed by atoms with Crippen LogP contribution < -0.4 is 5.32 Å². The summed E-state index contributed by atoms with van der Waals surface area (Å²) >= 11 is 0. The highest BCUT2D eigenvalue weighted by atomic mass is 16.5. The van der Waals surface area contributed by atoms with E-state index in [2.05, 4.69) is 10.1 Å². The summed E-state index contributed by atoms with van der Waals surface area (Å²) in [6, 6.07) is 6.26. The van der Waals surface area contributed by atoms with Gasteiger partial charge in [-0.1, -0.05) is 6.92 Å². The molecule has 132 valence electrons. The molecule has 1 N–H and O–H groups in total. The quantitative estimate of drug-likeness (QED) is 0.423. The van der Waals surface area contributed by atoms with Gasteiger partial charge in [0.25, 0.3) is 0 Å². The van der Waals surface area contributed by atoms with Gasteiger partial charge in [0.2, 0.25) is 0 Å². The van der Waals surface area contributed by atoms with Crippen LogP contribution in [0.15, 0.2) is 24.3 Å². The van der Waals surface area contributed by atoms with Gasteiger partial charge in [-0.3, -0.25) is 10.1 Å². The Kier molecular flexibility index (Phi) is 8.96. The Morgan fingerprint density at radius 1 is 1.00 bits per heavy atom. The first-order valence-electron chi connectivity index (χ1n) is 7.84. The Balaban J connectivity index is 2.18. The topological polar surface area (TPSA) is 90.9 Å². The molecule has 1 amide bonds. The first kappa shape index (κ1) is 19.5. The van der Waals surface area contributed by atoms with Crippen LogP contribution >= 0.6 is 0 Å². The maximum atomic E-state index is 11.6. The summed E-state index contributed by atoms with van der Waals surface area (Å²) in [6.07, 6.45) is 1.85. The molecule has 24 heavy (non-hydrogen) atoms. The lowest BCUT2D eigenvalue weighted by molar-refractivity contribution is -0.143. The molecule has 0 atom stereocenters. The second-order valence-electron chi connectivity index (χ2n) is 5.01. The van der Waals surface area contributed by atoms with Crippen molar-refractivity contribution in [2.24, 2.45) is 0 Å². The van der Waals surface area contributed by atoms with Gasteiger partial charge in [0, 0.05) is 12.1 Å². The molecule has 0 spiro atoms. The van der Waals surface area contributed by atoms with E-state index in [1.165, 1.54) is 7.11 Å². The maximum absolute atomic E-state index is 11.6. The Hall–Kier alpha value is -2.57. The number of esters is 2. The van der Waals surface area contributed by atoms with Crippen molar-refractivity contribution in [2.75, 3.05) is 25.6 Å². The molecule has 0 saturated carbocycles. The molecule has 0 saturated heterocycles. The summed E-state index contributed by atoms with van der Waals surface area (Å²) in [5.41, 5.74) is 0.912. The zero-order valence-corrected chi connectivity index (χ0v) is 14.0. The highest BCUT2D eigenvalue weighted by Gasteiger charge is 2.07. The third kappa shape index (κ3) is 7.62. The number of anilines is 1. The molecule has 1 aromatic rings. The number of amides is 1. The molecule has 0 fully saturated rings. The maximum Gasteiger partial charge on any atom is 0.411 e. The lowest BCUT2D eigenvalue weighted by Gasteiger charge is -2.08. The van der Waals surface area contributed by atoms with Crippen molar-refractivity contribution >= 4 is 23.7 Å². The van der Waals surface area contributed by atoms with Crippen LogP contribution in [-0.2, 0) is 19.0 Å². The largest absolute Gasteiger partial charge is 0.466 e. The van der Waals surface area contributed by atoms with E-state index in [9.17, 15) is 14.4 Å². The van der Waals surface area contributed by atoms with Crippen molar-refractivity contribution in [3.8, 4) is 0 Å². The van der Waals surface area contributed by atoms with Gasteiger partial charge in [-0.25, -0.2) is 9.59 Å². The van der Waals surface area contributed by atoms with E-state index in [-0.39, 0.29) is 12.6 Å². The summed E-state index contributed by atoms with van der Waals surface area (Å²) in [5, 5.41) is 2.55. The number of nitrogens with one attached hydrogen (secondary N) is 1. The number of methoxy groups -OCH3 is 1. The fraction of sp³-hybridized carbons (Fsp3) is 0.471. The Morgan fingerprint density at radius 3 is 2.21 bits per heavy atom. The van der Waals surface area contributed by atoms with E-state index in [0.29, 0.717) is 37.1 Å². The predicted molar refractivity (Wildman–Crippen MR) is 87.9 cm³/mol. The van der Waals surface area contributed by atoms with Gasteiger partial charge in [-0.05, 0) is 43.5 Å². The van der Waals surface area contributed by atoms with Crippen molar-refractivity contribution < 1.29 is 28.6 Å². The van der Waals surface area contributed by atoms with E-state index in [1.54, 1.807) is 24.3 Å². The summed E-state index contributed by atoms with van der Waals surface area (Å²) in [5.74, 6) is -0.643. The van der Waals surface area contributed by atoms with Gasteiger partial charge in [-0.15, -0.1) is 0 Å². The minimum absolute atomic E-state index is 0.202. The molecule has 0 aliphatic rings. The average molecular weight is 337 g/mol. The zero-order chi connectivity index (χ0) is 17.8. The molecule has 0 aliphatic carbocycles. The van der Waals surface area contributed by atoms with E-state index >= 15 is 0 Å². The second-order valence-corrected chi connectivity index (χ2v) is 5.01. The predicted octanol–water partition coefficient (Wildman–Crippen LogP) is 3.15. The monoisotopic (exact) mass is 337 g/mol. The molecule has 0 bridgehead atoms. The Bertz CT molecular complexity index is 541. The molecular formula is C17H23NO6. The third-order valence-corrected chi connectivity index (χ3v) is 3.04. The van der Waals surface area contributed by atoms with Gasteiger partial charge < -0.3 is 14.2 Å². The normalized spacial score (nSPS) is 9.92. The minimum atomic E-state index is -0.580. The molecule has 0 aromatic heterocycles. The average Bonchev–Trinajstić information content (AvgIpc) is 2.58. The first-order valence-corrected chi connectivity index (χ1v) is 7.84. The van der Waals surface area contributed by atoms with Crippen molar-refractivity contribution in [2.45, 2.75) is 32.6 Å². The van der Waals surface area contributed by atoms with Crippen LogP contribution in [0.1, 0.15) is 43.0 Å². The smallest absolute Gasteiger partial charge is 0.411 e. The summed E-state index contributed by atoms with van der Waals surface area (Å²) in [4.78, 5) is 34.0. The number of hydrogen-bond acceptors (Lipinski definition) is 6. The number of carbonyl (C=O) groups is 3. The fourth-order valence-electron chi connectivity index (χ4n) is 1.79. The number of unbranched alkanes of at least 4 members (excludes halogenated alkanes) is 1. The van der Waals surface area contributed by atoms with Crippen LogP contribution in [0.25, 0.3) is 0 Å². The van der Waals surface area contributed by atoms with Crippen molar-refractivity contribution in [1.29, 1.82) is 0 Å². The number of rotatable bonds is 9. The van der Waals surface area contributed by atoms with Crippen LogP contribution in [0.5, 0.6) is 0 Å². The van der Waals surface area contributed by atoms with Gasteiger partial charge in [0.05, 0.1) is 25.9 Å². The number of ether oxygens (including phenoxy) is 3. The standard InChI is InChI=1S/C17H23NO6/c1-3-6-15(19)23-11-4-5-12-24-17(21)18-14-9-7-13(8-10-14)16(20)22-2/h7-10H,3-6,11-12H2,1-2H3,(H,18,21). The molecule has 1 aromatic carbocycles. The molecule has 0 aliphatic heterocycles. The van der Waals surface area contributed by atoms with Crippen LogP contribution in [0.3, 0.4) is 0 Å². The SMILES string of the molecule is CCCC(=O)OCCCCOC(=O)Nc1ccc(C(=O)OC)cc1. The first-order chi connectivity index (χ1) is 11.6. The highest BCUT2D eigenvalue weighted by molar-refractivity contribution is 5.91. The van der Waals surface area contributed by atoms with E-state index in [0.717, 1.165) is 6.42 Å². The van der Waals surface area contributed by atoms with Crippen molar-refractivity contribution in [1.82, 2.24) is 0 Å². The van der Waals surface area contributed by atoms with Gasteiger partial charge in [0.1, 0.15) is 0 Å². The molecule has 7 heteroatoms. The molecule has 0 heterocycles. The number of carbonyl (C=O) groups excluding carboxylic acids is 3. The van der Waals surface area contributed by atoms with Gasteiger partial charge in [0.15, 0.2) is 0 Å². The van der Waals surface area contributed by atoms with Crippen LogP contribution in [0.4, 0.5) is 10.5 Å². The van der Waals surface area contributed by atoms with Gasteiger partial charge >= 0.3 is 18.0 Å². The zero-order valence-electron chi connectivity index (χ0n) is 14.0. The minimum Gasteiger partial charge on any atom is -0.466 e. The number of benzene rings is 1. The van der Waals surface area contributed by atoms with Crippen LogP contribution in [-0.4, -0.2) is 38.4 Å². The second kappa shape index (κ2) is 11.0. The molecule has 1 rings (SSSR count). The molecule has 0 radical (unpaired) electrons. The third-order valence-electron chi connectivity index (χ3n) is 3.04. The lowest BCUT2D eigenvalue weighted by atomic mass is 10.2. The Labute approximate surface area is 141 Å². The Morgan fingerprint density at radius 2 is 1.62 bits per heavy atom. The van der Waals surface area contributed by atoms with Gasteiger partial charge in [-0.2, -0.15) is 0 Å². The summed E-state index contributed by atoms with van der Waals surface area (Å²) < 4.78 is 14.6. The van der Waals surface area contributed by atoms with E-state index in [1.807, 2.05) is 6.92 Å². The summed E-state index contributed by atoms with van der Waals surface area (Å²) in [6.45, 7) is 2.48. The fourth-order valence-corrected chi connectivity index (χ4v) is 1.79. The molecular weight excluding hydrogens is 314 g/mol. The van der Waals surface area contributed by atoms with Crippen molar-refractivity contribution in [3.63, 3.8) is 0 Å². The van der Waals surface area contributed by atoms with Crippen LogP contribution in [0, 0.1) is 0 Å². The number of hydrogen-bond donors (Lipinski definition) is 1.